The molecule has 78 valence electrons. The van der Waals surface area contributed by atoms with E-state index in [4.69, 9.17) is 14.6 Å². The number of hydrogen-bond acceptors (Lipinski definition) is 5. The molecule has 3 N–H and O–H groups in total. The van der Waals surface area contributed by atoms with Gasteiger partial charge in [0.2, 0.25) is 0 Å². The van der Waals surface area contributed by atoms with Crippen molar-refractivity contribution in [1.82, 2.24) is 0 Å². The molecule has 1 aliphatic rings. The molecule has 0 unspecified atom stereocenters. The molecule has 0 aliphatic carbocycles. The zero-order chi connectivity index (χ0) is 10.0. The molecule has 1 rings (SSSR count). The summed E-state index contributed by atoms with van der Waals surface area (Å²) in [5.41, 5.74) is 0. The molecule has 5 nitrogen and oxygen atoms in total. The Kier molecular flexibility index (Phi) is 4.08. The van der Waals surface area contributed by atoms with Crippen LogP contribution in [-0.2, 0) is 9.47 Å². The van der Waals surface area contributed by atoms with E-state index in [-0.39, 0.29) is 6.61 Å². The van der Waals surface area contributed by atoms with E-state index in [9.17, 15) is 10.2 Å². The van der Waals surface area contributed by atoms with Crippen molar-refractivity contribution in [3.63, 3.8) is 0 Å². The summed E-state index contributed by atoms with van der Waals surface area (Å²) in [5.74, 6) is 0. The maximum atomic E-state index is 9.48. The molecule has 6 heteroatoms. The fourth-order valence-corrected chi connectivity index (χ4v) is 1.89. The van der Waals surface area contributed by atoms with Gasteiger partial charge < -0.3 is 24.8 Å². The highest BCUT2D eigenvalue weighted by atomic mass is 79.9. The van der Waals surface area contributed by atoms with E-state index in [0.717, 1.165) is 0 Å². The molecule has 0 amide bonds. The third kappa shape index (κ3) is 2.20. The van der Waals surface area contributed by atoms with Crippen LogP contribution >= 0.6 is 15.9 Å². The first-order valence-corrected chi connectivity index (χ1v) is 4.82. The lowest BCUT2D eigenvalue weighted by atomic mass is 10.0. The molecular weight excluding hydrogens is 244 g/mol. The van der Waals surface area contributed by atoms with Gasteiger partial charge >= 0.3 is 0 Å². The number of aliphatic hydroxyl groups excluding tert-OH is 3. The van der Waals surface area contributed by atoms with Gasteiger partial charge in [-0.25, -0.2) is 0 Å². The summed E-state index contributed by atoms with van der Waals surface area (Å²) in [5, 5.41) is 27.7. The molecule has 0 spiro atoms. The predicted molar refractivity (Wildman–Crippen MR) is 47.5 cm³/mol. The number of rotatable bonds is 2. The molecule has 1 heterocycles. The van der Waals surface area contributed by atoms with Crippen molar-refractivity contribution >= 4 is 15.9 Å². The Morgan fingerprint density at radius 2 is 2.00 bits per heavy atom. The fraction of sp³-hybridized carbons (Fsp3) is 1.00. The highest BCUT2D eigenvalue weighted by Gasteiger charge is 2.43. The SMILES string of the molecule is CO[C@@H]1O[C@@H](CO)[C@@H](O)[C@@H](O)[C@H]1Br. The summed E-state index contributed by atoms with van der Waals surface area (Å²) < 4.78 is 10.1. The average molecular weight is 257 g/mol. The van der Waals surface area contributed by atoms with Crippen LogP contribution < -0.4 is 0 Å². The van der Waals surface area contributed by atoms with Crippen LogP contribution in [0.1, 0.15) is 0 Å². The first kappa shape index (κ1) is 11.4. The van der Waals surface area contributed by atoms with Crippen LogP contribution in [0.3, 0.4) is 0 Å². The van der Waals surface area contributed by atoms with Gasteiger partial charge in [0.1, 0.15) is 12.2 Å². The minimum atomic E-state index is -1.10. The van der Waals surface area contributed by atoms with Crippen molar-refractivity contribution < 1.29 is 24.8 Å². The van der Waals surface area contributed by atoms with Gasteiger partial charge in [-0.15, -0.1) is 0 Å². The average Bonchev–Trinajstić information content (AvgIpc) is 2.15. The van der Waals surface area contributed by atoms with E-state index in [1.54, 1.807) is 0 Å². The fourth-order valence-electron chi connectivity index (χ4n) is 1.23. The summed E-state index contributed by atoms with van der Waals surface area (Å²) >= 11 is 3.14. The Labute approximate surface area is 84.4 Å². The summed E-state index contributed by atoms with van der Waals surface area (Å²) in [6, 6.07) is 0. The van der Waals surface area contributed by atoms with Crippen molar-refractivity contribution in [3.05, 3.63) is 0 Å². The van der Waals surface area contributed by atoms with Crippen molar-refractivity contribution in [2.45, 2.75) is 29.4 Å². The third-order valence-corrected chi connectivity index (χ3v) is 3.01. The molecule has 13 heavy (non-hydrogen) atoms. The molecule has 1 aliphatic heterocycles. The van der Waals surface area contributed by atoms with Crippen molar-refractivity contribution in [2.75, 3.05) is 13.7 Å². The lowest BCUT2D eigenvalue weighted by molar-refractivity contribution is -0.243. The van der Waals surface area contributed by atoms with E-state index in [2.05, 4.69) is 15.9 Å². The highest BCUT2D eigenvalue weighted by molar-refractivity contribution is 9.09. The summed E-state index contributed by atoms with van der Waals surface area (Å²) in [6.45, 7) is -0.349. The normalized spacial score (nSPS) is 46.4. The van der Waals surface area contributed by atoms with Gasteiger partial charge in [0, 0.05) is 7.11 Å². The Morgan fingerprint density at radius 1 is 1.38 bits per heavy atom. The second kappa shape index (κ2) is 4.68. The number of ether oxygens (including phenoxy) is 2. The molecule has 0 saturated carbocycles. The minimum Gasteiger partial charge on any atom is -0.394 e. The first-order chi connectivity index (χ1) is 6.11. The third-order valence-electron chi connectivity index (χ3n) is 2.04. The van der Waals surface area contributed by atoms with E-state index in [1.807, 2.05) is 0 Å². The maximum absolute atomic E-state index is 9.48. The topological polar surface area (TPSA) is 79.2 Å². The van der Waals surface area contributed by atoms with Crippen LogP contribution in [0.25, 0.3) is 0 Å². The molecule has 0 bridgehead atoms. The smallest absolute Gasteiger partial charge is 0.172 e. The second-order valence-corrected chi connectivity index (χ2v) is 3.94. The highest BCUT2D eigenvalue weighted by Crippen LogP contribution is 2.26. The number of aliphatic hydroxyl groups is 3. The Balaban J connectivity index is 2.66. The lowest BCUT2D eigenvalue weighted by Crippen LogP contribution is -2.56. The Bertz CT molecular complexity index is 147. The number of halogens is 1. The van der Waals surface area contributed by atoms with Crippen LogP contribution in [0.2, 0.25) is 0 Å². The lowest BCUT2D eigenvalue weighted by Gasteiger charge is -2.39. The van der Waals surface area contributed by atoms with Crippen molar-refractivity contribution in [2.24, 2.45) is 0 Å². The van der Waals surface area contributed by atoms with Crippen LogP contribution in [0.4, 0.5) is 0 Å². The standard InChI is InChI=1S/C7H13BrO5/c1-12-7-4(8)6(11)5(10)3(2-9)13-7/h3-7,9-11H,2H2,1H3/t3-,4+,5+,6-,7+/m0/s1. The van der Waals surface area contributed by atoms with Crippen LogP contribution in [0.15, 0.2) is 0 Å². The molecule has 0 aromatic heterocycles. The molecule has 1 fully saturated rings. The largest absolute Gasteiger partial charge is 0.394 e. The number of hydrogen-bond donors (Lipinski definition) is 3. The summed E-state index contributed by atoms with van der Waals surface area (Å²) in [7, 11) is 1.43. The Hall–Kier alpha value is 0.280. The maximum Gasteiger partial charge on any atom is 0.172 e. The quantitative estimate of drug-likeness (QED) is 0.543. The zero-order valence-electron chi connectivity index (χ0n) is 7.13. The van der Waals surface area contributed by atoms with E-state index < -0.39 is 29.4 Å². The van der Waals surface area contributed by atoms with Crippen LogP contribution in [0.5, 0.6) is 0 Å². The summed E-state index contributed by atoms with van der Waals surface area (Å²) in [6.07, 6.45) is -3.55. The van der Waals surface area contributed by atoms with Crippen molar-refractivity contribution in [1.29, 1.82) is 0 Å². The Morgan fingerprint density at radius 3 is 2.46 bits per heavy atom. The molecule has 0 radical (unpaired) electrons. The monoisotopic (exact) mass is 256 g/mol. The van der Waals surface area contributed by atoms with E-state index in [1.165, 1.54) is 7.11 Å². The van der Waals surface area contributed by atoms with E-state index in [0.29, 0.717) is 0 Å². The van der Waals surface area contributed by atoms with Crippen LogP contribution in [-0.4, -0.2) is 58.5 Å². The second-order valence-electron chi connectivity index (χ2n) is 2.89. The van der Waals surface area contributed by atoms with Gasteiger partial charge in [-0.2, -0.15) is 0 Å². The molecule has 0 aromatic rings. The van der Waals surface area contributed by atoms with Gasteiger partial charge in [0.25, 0.3) is 0 Å². The molecule has 5 atom stereocenters. The van der Waals surface area contributed by atoms with Gasteiger partial charge in [0.05, 0.1) is 17.5 Å². The first-order valence-electron chi connectivity index (χ1n) is 3.91. The van der Waals surface area contributed by atoms with Crippen LogP contribution in [0, 0.1) is 0 Å². The number of methoxy groups -OCH3 is 1. The molecule has 1 saturated heterocycles. The minimum absolute atomic E-state index is 0.349. The predicted octanol–water partition coefficient (Wildman–Crippen LogP) is -1.16. The molecule has 0 aromatic carbocycles. The molecular formula is C7H13BrO5. The van der Waals surface area contributed by atoms with Gasteiger partial charge in [-0.1, -0.05) is 15.9 Å². The van der Waals surface area contributed by atoms with Crippen molar-refractivity contribution in [3.8, 4) is 0 Å². The van der Waals surface area contributed by atoms with Gasteiger partial charge in [-0.3, -0.25) is 0 Å². The number of alkyl halides is 1. The zero-order valence-corrected chi connectivity index (χ0v) is 8.72. The van der Waals surface area contributed by atoms with E-state index >= 15 is 0 Å². The van der Waals surface area contributed by atoms with Gasteiger partial charge in [0.15, 0.2) is 6.29 Å². The van der Waals surface area contributed by atoms with Gasteiger partial charge in [-0.05, 0) is 0 Å². The summed E-state index contributed by atoms with van der Waals surface area (Å²) in [4.78, 5) is -0.490.